The number of nitrogens with one attached hydrogen (secondary N) is 2. The molecule has 4 heterocycles. The number of amides is 2. The van der Waals surface area contributed by atoms with E-state index in [1.54, 1.807) is 23.1 Å². The predicted octanol–water partition coefficient (Wildman–Crippen LogP) is 0.555. The van der Waals surface area contributed by atoms with Crippen molar-refractivity contribution in [1.29, 1.82) is 0 Å². The smallest absolute Gasteiger partial charge is 0.271 e. The number of fused-ring (bicyclic) bond motifs is 1. The Morgan fingerprint density at radius 2 is 1.87 bits per heavy atom. The number of primary amides is 1. The molecule has 204 valence electrons. The van der Waals surface area contributed by atoms with Gasteiger partial charge in [-0.15, -0.1) is 0 Å². The summed E-state index contributed by atoms with van der Waals surface area (Å²) in [7, 11) is -3.27. The fourth-order valence-corrected chi connectivity index (χ4v) is 5.99. The van der Waals surface area contributed by atoms with Crippen LogP contribution in [0.15, 0.2) is 24.7 Å². The predicted molar refractivity (Wildman–Crippen MR) is 140 cm³/mol. The van der Waals surface area contributed by atoms with E-state index in [2.05, 4.69) is 25.8 Å². The summed E-state index contributed by atoms with van der Waals surface area (Å²) < 4.78 is 28.1. The lowest BCUT2D eigenvalue weighted by Crippen LogP contribution is -2.42. The summed E-state index contributed by atoms with van der Waals surface area (Å²) in [5, 5.41) is 14.6. The number of aromatic nitrogens is 5. The SMILES string of the molecule is CS(=O)(=O)N1CCC(n2cc(NC(=O)c3cnn4ccc(N[C@@H]5CCCC[C@@H]5N)nc34)c(C(N)=O)n2)CC1. The first-order valence-corrected chi connectivity index (χ1v) is 14.5. The minimum Gasteiger partial charge on any atom is -0.366 e. The number of anilines is 2. The number of nitrogens with zero attached hydrogens (tertiary/aromatic N) is 6. The van der Waals surface area contributed by atoms with Crippen molar-refractivity contribution in [1.82, 2.24) is 28.7 Å². The number of hydrogen-bond donors (Lipinski definition) is 4. The second kappa shape index (κ2) is 10.3. The van der Waals surface area contributed by atoms with Crippen LogP contribution in [-0.4, -0.2) is 80.3 Å². The number of rotatable bonds is 7. The zero-order chi connectivity index (χ0) is 27.0. The Morgan fingerprint density at radius 1 is 1.13 bits per heavy atom. The van der Waals surface area contributed by atoms with E-state index in [9.17, 15) is 18.0 Å². The monoisotopic (exact) mass is 544 g/mol. The van der Waals surface area contributed by atoms with Crippen LogP contribution >= 0.6 is 0 Å². The maximum absolute atomic E-state index is 13.2. The van der Waals surface area contributed by atoms with E-state index in [4.69, 9.17) is 11.5 Å². The van der Waals surface area contributed by atoms with Crippen LogP contribution in [0.1, 0.15) is 65.4 Å². The maximum Gasteiger partial charge on any atom is 0.271 e. The summed E-state index contributed by atoms with van der Waals surface area (Å²) in [5.41, 5.74) is 12.4. The molecule has 6 N–H and O–H groups in total. The molecule has 0 radical (unpaired) electrons. The van der Waals surface area contributed by atoms with Gasteiger partial charge in [0.2, 0.25) is 10.0 Å². The molecule has 1 aliphatic carbocycles. The third-order valence-corrected chi connectivity index (χ3v) is 8.55. The molecule has 2 fully saturated rings. The number of carbonyl (C=O) groups is 2. The van der Waals surface area contributed by atoms with Gasteiger partial charge in [0.1, 0.15) is 11.4 Å². The molecule has 3 aromatic rings. The quantitative estimate of drug-likeness (QED) is 0.328. The molecule has 15 heteroatoms. The van der Waals surface area contributed by atoms with E-state index < -0.39 is 21.8 Å². The zero-order valence-corrected chi connectivity index (χ0v) is 21.9. The van der Waals surface area contributed by atoms with E-state index in [0.717, 1.165) is 25.7 Å². The normalized spacial score (nSPS) is 21.4. The molecule has 0 spiro atoms. The van der Waals surface area contributed by atoms with E-state index >= 15 is 0 Å². The molecule has 1 saturated heterocycles. The number of hydrogen-bond acceptors (Lipinski definition) is 9. The molecule has 1 aliphatic heterocycles. The topological polar surface area (TPSA) is 196 Å². The van der Waals surface area contributed by atoms with Gasteiger partial charge in [-0.1, -0.05) is 12.8 Å². The molecule has 38 heavy (non-hydrogen) atoms. The first-order chi connectivity index (χ1) is 18.1. The molecule has 14 nitrogen and oxygen atoms in total. The summed E-state index contributed by atoms with van der Waals surface area (Å²) in [6.07, 6.45) is 11.0. The van der Waals surface area contributed by atoms with Crippen LogP contribution in [0.25, 0.3) is 5.65 Å². The van der Waals surface area contributed by atoms with Crippen molar-refractivity contribution < 1.29 is 18.0 Å². The minimum atomic E-state index is -3.27. The van der Waals surface area contributed by atoms with Gasteiger partial charge in [0.05, 0.1) is 24.2 Å². The summed E-state index contributed by atoms with van der Waals surface area (Å²) in [6, 6.07) is 1.78. The van der Waals surface area contributed by atoms with Crippen LogP contribution in [0.5, 0.6) is 0 Å². The molecular formula is C23H32N10O4S. The van der Waals surface area contributed by atoms with Crippen molar-refractivity contribution in [3.8, 4) is 0 Å². The Balaban J connectivity index is 1.34. The highest BCUT2D eigenvalue weighted by Gasteiger charge is 2.28. The van der Waals surface area contributed by atoms with Crippen LogP contribution in [0.3, 0.4) is 0 Å². The van der Waals surface area contributed by atoms with Gasteiger partial charge in [0.15, 0.2) is 11.3 Å². The Hall–Kier alpha value is -3.56. The van der Waals surface area contributed by atoms with Crippen molar-refractivity contribution in [3.63, 3.8) is 0 Å². The molecule has 0 unspecified atom stereocenters. The van der Waals surface area contributed by atoms with Crippen molar-refractivity contribution in [2.75, 3.05) is 30.0 Å². The second-order valence-corrected chi connectivity index (χ2v) is 11.9. The van der Waals surface area contributed by atoms with Gasteiger partial charge >= 0.3 is 0 Å². The molecule has 3 aromatic heterocycles. The fourth-order valence-electron chi connectivity index (χ4n) is 5.12. The number of piperidine rings is 1. The lowest BCUT2D eigenvalue weighted by Gasteiger charge is -2.30. The standard InChI is InChI=1S/C23H32N10O4S/c1-38(36,37)31-9-6-14(7-10-31)33-13-18(20(30-33)21(25)34)28-23(35)15-12-26-32-11-8-19(29-22(15)32)27-17-5-3-2-4-16(17)24/h8,11-14,16-17H,2-7,9-10,24H2,1H3,(H2,25,34)(H,27,29)(H,28,35)/t16-,17+/m0/s1. The highest BCUT2D eigenvalue weighted by molar-refractivity contribution is 7.88. The van der Waals surface area contributed by atoms with E-state index in [1.807, 2.05) is 0 Å². The summed E-state index contributed by atoms with van der Waals surface area (Å²) >= 11 is 0. The van der Waals surface area contributed by atoms with Gasteiger partial charge in [-0.25, -0.2) is 22.2 Å². The first-order valence-electron chi connectivity index (χ1n) is 12.6. The van der Waals surface area contributed by atoms with Gasteiger partial charge in [0.25, 0.3) is 11.8 Å². The second-order valence-electron chi connectivity index (χ2n) is 9.92. The molecule has 0 bridgehead atoms. The van der Waals surface area contributed by atoms with E-state index in [0.29, 0.717) is 37.4 Å². The van der Waals surface area contributed by atoms with Crippen molar-refractivity contribution in [3.05, 3.63) is 35.9 Å². The maximum atomic E-state index is 13.2. The number of carbonyl (C=O) groups excluding carboxylic acids is 2. The minimum absolute atomic E-state index is 0.0387. The van der Waals surface area contributed by atoms with Gasteiger partial charge in [-0.3, -0.25) is 14.3 Å². The Labute approximate surface area is 219 Å². The average Bonchev–Trinajstić information content (AvgIpc) is 3.49. The van der Waals surface area contributed by atoms with Crippen molar-refractivity contribution in [2.45, 2.75) is 56.7 Å². The van der Waals surface area contributed by atoms with Gasteiger partial charge in [0, 0.05) is 37.6 Å². The Bertz CT molecular complexity index is 1460. The fraction of sp³-hybridized carbons (Fsp3) is 0.522. The lowest BCUT2D eigenvalue weighted by molar-refractivity contribution is 0.0995. The van der Waals surface area contributed by atoms with Gasteiger partial charge < -0.3 is 22.1 Å². The molecule has 2 aliphatic rings. The lowest BCUT2D eigenvalue weighted by atomic mass is 9.91. The zero-order valence-electron chi connectivity index (χ0n) is 21.1. The Morgan fingerprint density at radius 3 is 2.55 bits per heavy atom. The average molecular weight is 545 g/mol. The van der Waals surface area contributed by atoms with Crippen molar-refractivity contribution in [2.24, 2.45) is 11.5 Å². The highest BCUT2D eigenvalue weighted by atomic mass is 32.2. The molecule has 2 atom stereocenters. The van der Waals surface area contributed by atoms with Gasteiger partial charge in [-0.05, 0) is 31.7 Å². The summed E-state index contributed by atoms with van der Waals surface area (Å²) in [6.45, 7) is 0.681. The third-order valence-electron chi connectivity index (χ3n) is 7.25. The van der Waals surface area contributed by atoms with E-state index in [1.165, 1.54) is 21.3 Å². The number of nitrogens with two attached hydrogens (primary N) is 2. The van der Waals surface area contributed by atoms with E-state index in [-0.39, 0.29) is 35.1 Å². The number of sulfonamides is 1. The molecule has 2 amide bonds. The van der Waals surface area contributed by atoms with Crippen molar-refractivity contribution >= 4 is 39.0 Å². The largest absolute Gasteiger partial charge is 0.366 e. The highest BCUT2D eigenvalue weighted by Crippen LogP contribution is 2.27. The van der Waals surface area contributed by atoms with Crippen LogP contribution in [0.4, 0.5) is 11.5 Å². The first kappa shape index (κ1) is 26.1. The molecule has 1 saturated carbocycles. The van der Waals surface area contributed by atoms with Crippen LogP contribution < -0.4 is 22.1 Å². The molecular weight excluding hydrogens is 512 g/mol. The molecule has 0 aromatic carbocycles. The van der Waals surface area contributed by atoms with Crippen LogP contribution in [0, 0.1) is 0 Å². The molecule has 5 rings (SSSR count). The van der Waals surface area contributed by atoms with Gasteiger partial charge in [-0.2, -0.15) is 10.2 Å². The summed E-state index contributed by atoms with van der Waals surface area (Å²) in [4.78, 5) is 29.9. The summed E-state index contributed by atoms with van der Waals surface area (Å²) in [5.74, 6) is -0.714. The van der Waals surface area contributed by atoms with Crippen LogP contribution in [0.2, 0.25) is 0 Å². The third kappa shape index (κ3) is 5.35. The Kier molecular flexibility index (Phi) is 7.07. The van der Waals surface area contributed by atoms with Crippen LogP contribution in [-0.2, 0) is 10.0 Å².